The summed E-state index contributed by atoms with van der Waals surface area (Å²) in [6, 6.07) is 3.87. The van der Waals surface area contributed by atoms with E-state index in [1.807, 2.05) is 0 Å². The van der Waals surface area contributed by atoms with Gasteiger partial charge < -0.3 is 9.84 Å². The molecule has 0 fully saturated rings. The molecule has 0 bridgehead atoms. The number of rotatable bonds is 7. The van der Waals surface area contributed by atoms with Gasteiger partial charge in [-0.2, -0.15) is 0 Å². The highest BCUT2D eigenvalue weighted by atomic mass is 16.6. The molecule has 0 aliphatic carbocycles. The van der Waals surface area contributed by atoms with Crippen molar-refractivity contribution in [1.29, 1.82) is 0 Å². The Morgan fingerprint density at radius 3 is 2.80 bits per heavy atom. The van der Waals surface area contributed by atoms with Gasteiger partial charge in [0.05, 0.1) is 18.1 Å². The second-order valence-corrected chi connectivity index (χ2v) is 4.20. The Hall–Kier alpha value is -1.99. The first-order valence-electron chi connectivity index (χ1n) is 6.25. The number of nitro benzene ring substituents is 1. The lowest BCUT2D eigenvalue weighted by Crippen LogP contribution is -2.40. The molecule has 1 rings (SSSR count). The Labute approximate surface area is 116 Å². The number of carbonyl (C=O) groups excluding carboxylic acids is 1. The SMILES string of the molecule is CCOC(=O)[C@H](CO)NCc1c(C)cccc1[N+](=O)[O-]. The second-order valence-electron chi connectivity index (χ2n) is 4.20. The van der Waals surface area contributed by atoms with Crippen molar-refractivity contribution >= 4 is 11.7 Å². The van der Waals surface area contributed by atoms with Crippen molar-refractivity contribution < 1.29 is 19.6 Å². The van der Waals surface area contributed by atoms with Crippen molar-refractivity contribution in [1.82, 2.24) is 5.32 Å². The molecule has 0 saturated carbocycles. The highest BCUT2D eigenvalue weighted by molar-refractivity contribution is 5.75. The van der Waals surface area contributed by atoms with Crippen LogP contribution in [-0.2, 0) is 16.1 Å². The Morgan fingerprint density at radius 2 is 2.25 bits per heavy atom. The average Bonchev–Trinajstić information content (AvgIpc) is 2.40. The summed E-state index contributed by atoms with van der Waals surface area (Å²) in [6.45, 7) is 3.30. The Balaban J connectivity index is 2.83. The number of hydrogen-bond acceptors (Lipinski definition) is 6. The number of ether oxygens (including phenoxy) is 1. The number of nitrogens with one attached hydrogen (secondary N) is 1. The van der Waals surface area contributed by atoms with E-state index in [1.165, 1.54) is 6.07 Å². The summed E-state index contributed by atoms with van der Waals surface area (Å²) < 4.78 is 4.80. The fourth-order valence-electron chi connectivity index (χ4n) is 1.78. The van der Waals surface area contributed by atoms with E-state index in [9.17, 15) is 14.9 Å². The molecule has 7 heteroatoms. The molecule has 7 nitrogen and oxygen atoms in total. The van der Waals surface area contributed by atoms with Crippen molar-refractivity contribution in [3.63, 3.8) is 0 Å². The highest BCUT2D eigenvalue weighted by Gasteiger charge is 2.21. The second kappa shape index (κ2) is 7.56. The predicted molar refractivity (Wildman–Crippen MR) is 72.2 cm³/mol. The van der Waals surface area contributed by atoms with Crippen molar-refractivity contribution in [2.45, 2.75) is 26.4 Å². The van der Waals surface area contributed by atoms with Gasteiger partial charge in [-0.15, -0.1) is 0 Å². The number of aryl methyl sites for hydroxylation is 1. The Bertz CT molecular complexity index is 490. The molecule has 1 aromatic carbocycles. The van der Waals surface area contributed by atoms with Gasteiger partial charge in [-0.25, -0.2) is 0 Å². The van der Waals surface area contributed by atoms with E-state index in [2.05, 4.69) is 5.32 Å². The quantitative estimate of drug-likeness (QED) is 0.438. The number of benzene rings is 1. The molecule has 0 unspecified atom stereocenters. The van der Waals surface area contributed by atoms with Crippen LogP contribution < -0.4 is 5.32 Å². The minimum Gasteiger partial charge on any atom is -0.465 e. The first-order valence-corrected chi connectivity index (χ1v) is 6.25. The standard InChI is InChI=1S/C13H18N2O5/c1-3-20-13(17)11(8-16)14-7-10-9(2)5-4-6-12(10)15(18)19/h4-6,11,14,16H,3,7-8H2,1-2H3/t11-/m0/s1. The van der Waals surface area contributed by atoms with Crippen molar-refractivity contribution in [2.75, 3.05) is 13.2 Å². The maximum absolute atomic E-state index is 11.5. The van der Waals surface area contributed by atoms with Crippen LogP contribution in [0.4, 0.5) is 5.69 Å². The summed E-state index contributed by atoms with van der Waals surface area (Å²) in [7, 11) is 0. The minimum absolute atomic E-state index is 0.0157. The average molecular weight is 282 g/mol. The number of aliphatic hydroxyl groups is 1. The fraction of sp³-hybridized carbons (Fsp3) is 0.462. The number of nitro groups is 1. The molecule has 0 heterocycles. The van der Waals surface area contributed by atoms with Crippen LogP contribution in [0.3, 0.4) is 0 Å². The van der Waals surface area contributed by atoms with Crippen LogP contribution in [0.25, 0.3) is 0 Å². The molecule has 0 spiro atoms. The monoisotopic (exact) mass is 282 g/mol. The summed E-state index contributed by atoms with van der Waals surface area (Å²) in [5, 5.41) is 22.9. The predicted octanol–water partition coefficient (Wildman–Crippen LogP) is 0.917. The number of carbonyl (C=O) groups is 1. The normalized spacial score (nSPS) is 11.9. The van der Waals surface area contributed by atoms with Gasteiger partial charge in [0.25, 0.3) is 5.69 Å². The van der Waals surface area contributed by atoms with E-state index in [4.69, 9.17) is 9.84 Å². The van der Waals surface area contributed by atoms with Crippen molar-refractivity contribution in [2.24, 2.45) is 0 Å². The van der Waals surface area contributed by atoms with Gasteiger partial charge in [-0.1, -0.05) is 12.1 Å². The number of aliphatic hydroxyl groups excluding tert-OH is 1. The maximum Gasteiger partial charge on any atom is 0.325 e. The molecule has 20 heavy (non-hydrogen) atoms. The van der Waals surface area contributed by atoms with E-state index in [0.717, 1.165) is 5.56 Å². The third-order valence-electron chi connectivity index (χ3n) is 2.86. The number of hydrogen-bond donors (Lipinski definition) is 2. The third-order valence-corrected chi connectivity index (χ3v) is 2.86. The molecule has 0 amide bonds. The molecular weight excluding hydrogens is 264 g/mol. The summed E-state index contributed by atoms with van der Waals surface area (Å²) in [5.74, 6) is -0.578. The lowest BCUT2D eigenvalue weighted by molar-refractivity contribution is -0.385. The Morgan fingerprint density at radius 1 is 1.55 bits per heavy atom. The lowest BCUT2D eigenvalue weighted by Gasteiger charge is -2.15. The number of nitrogens with zero attached hydrogens (tertiary/aromatic N) is 1. The lowest BCUT2D eigenvalue weighted by atomic mass is 10.1. The van der Waals surface area contributed by atoms with E-state index < -0.39 is 23.5 Å². The van der Waals surface area contributed by atoms with Crippen LogP contribution in [0.15, 0.2) is 18.2 Å². The molecule has 1 aromatic rings. The van der Waals surface area contributed by atoms with E-state index in [0.29, 0.717) is 5.56 Å². The van der Waals surface area contributed by atoms with E-state index >= 15 is 0 Å². The molecule has 0 radical (unpaired) electrons. The molecule has 0 aliphatic rings. The topological polar surface area (TPSA) is 102 Å². The van der Waals surface area contributed by atoms with Crippen molar-refractivity contribution in [3.8, 4) is 0 Å². The highest BCUT2D eigenvalue weighted by Crippen LogP contribution is 2.21. The van der Waals surface area contributed by atoms with Gasteiger partial charge in [-0.3, -0.25) is 20.2 Å². The zero-order chi connectivity index (χ0) is 15.1. The Kier molecular flexibility index (Phi) is 6.08. The molecule has 0 aliphatic heterocycles. The van der Waals surface area contributed by atoms with Crippen LogP contribution in [0.5, 0.6) is 0 Å². The first-order chi connectivity index (χ1) is 9.51. The van der Waals surface area contributed by atoms with Gasteiger partial charge in [-0.05, 0) is 19.4 Å². The smallest absolute Gasteiger partial charge is 0.325 e. The summed E-state index contributed by atoms with van der Waals surface area (Å²) in [5.41, 5.74) is 1.21. The van der Waals surface area contributed by atoms with Gasteiger partial charge >= 0.3 is 5.97 Å². The fourth-order valence-corrected chi connectivity index (χ4v) is 1.78. The maximum atomic E-state index is 11.5. The summed E-state index contributed by atoms with van der Waals surface area (Å²) in [4.78, 5) is 22.0. The van der Waals surface area contributed by atoms with Gasteiger partial charge in [0.15, 0.2) is 0 Å². The van der Waals surface area contributed by atoms with Crippen LogP contribution in [-0.4, -0.2) is 35.3 Å². The van der Waals surface area contributed by atoms with Gasteiger partial charge in [0, 0.05) is 18.2 Å². The van der Waals surface area contributed by atoms with Crippen LogP contribution in [0.2, 0.25) is 0 Å². The number of esters is 1. The first kappa shape index (κ1) is 16.1. The molecule has 0 saturated heterocycles. The molecule has 110 valence electrons. The van der Waals surface area contributed by atoms with Gasteiger partial charge in [0.2, 0.25) is 0 Å². The zero-order valence-corrected chi connectivity index (χ0v) is 11.5. The third kappa shape index (κ3) is 4.01. The largest absolute Gasteiger partial charge is 0.465 e. The van der Waals surface area contributed by atoms with Crippen LogP contribution in [0, 0.1) is 17.0 Å². The molecule has 0 aromatic heterocycles. The van der Waals surface area contributed by atoms with E-state index in [1.54, 1.807) is 26.0 Å². The van der Waals surface area contributed by atoms with E-state index in [-0.39, 0.29) is 18.8 Å². The zero-order valence-electron chi connectivity index (χ0n) is 11.5. The summed E-state index contributed by atoms with van der Waals surface area (Å²) >= 11 is 0. The van der Waals surface area contributed by atoms with Crippen LogP contribution >= 0.6 is 0 Å². The molecular formula is C13H18N2O5. The van der Waals surface area contributed by atoms with Crippen LogP contribution in [0.1, 0.15) is 18.1 Å². The van der Waals surface area contributed by atoms with Gasteiger partial charge in [0.1, 0.15) is 6.04 Å². The van der Waals surface area contributed by atoms with Crippen molar-refractivity contribution in [3.05, 3.63) is 39.4 Å². The molecule has 1 atom stereocenters. The summed E-state index contributed by atoms with van der Waals surface area (Å²) in [6.07, 6.45) is 0. The minimum atomic E-state index is -0.894. The molecule has 2 N–H and O–H groups in total.